The highest BCUT2D eigenvalue weighted by Crippen LogP contribution is 2.16. The lowest BCUT2D eigenvalue weighted by Crippen LogP contribution is -2.42. The van der Waals surface area contributed by atoms with Crippen molar-refractivity contribution in [1.29, 1.82) is 0 Å². The SMILES string of the molecule is CC(C)(C)NCC(O)COC(=O)c1cccc(OCc2ccccc2)c1. The minimum Gasteiger partial charge on any atom is -0.489 e. The lowest BCUT2D eigenvalue weighted by molar-refractivity contribution is 0.0247. The molecule has 0 fully saturated rings. The number of aliphatic hydroxyl groups is 1. The first-order chi connectivity index (χ1) is 12.3. The van der Waals surface area contributed by atoms with E-state index >= 15 is 0 Å². The van der Waals surface area contributed by atoms with Crippen LogP contribution in [0.3, 0.4) is 0 Å². The first-order valence-electron chi connectivity index (χ1n) is 8.70. The van der Waals surface area contributed by atoms with E-state index < -0.39 is 12.1 Å². The Hall–Kier alpha value is -2.37. The molecular formula is C21H27NO4. The van der Waals surface area contributed by atoms with Crippen molar-refractivity contribution in [3.63, 3.8) is 0 Å². The van der Waals surface area contributed by atoms with Gasteiger partial charge in [0.1, 0.15) is 25.1 Å². The fraction of sp³-hybridized carbons (Fsp3) is 0.381. The minimum absolute atomic E-state index is 0.0585. The van der Waals surface area contributed by atoms with Crippen molar-refractivity contribution in [1.82, 2.24) is 5.32 Å². The molecular weight excluding hydrogens is 330 g/mol. The number of benzene rings is 2. The van der Waals surface area contributed by atoms with E-state index in [2.05, 4.69) is 5.32 Å². The summed E-state index contributed by atoms with van der Waals surface area (Å²) in [7, 11) is 0. The molecule has 2 aromatic carbocycles. The van der Waals surface area contributed by atoms with Gasteiger partial charge in [0.15, 0.2) is 0 Å². The van der Waals surface area contributed by atoms with E-state index in [4.69, 9.17) is 9.47 Å². The number of aliphatic hydroxyl groups excluding tert-OH is 1. The van der Waals surface area contributed by atoms with E-state index in [1.807, 2.05) is 51.1 Å². The van der Waals surface area contributed by atoms with Gasteiger partial charge < -0.3 is 19.9 Å². The molecule has 0 saturated carbocycles. The van der Waals surface area contributed by atoms with E-state index in [0.29, 0.717) is 24.5 Å². The lowest BCUT2D eigenvalue weighted by atomic mass is 10.1. The van der Waals surface area contributed by atoms with Crippen LogP contribution in [0.25, 0.3) is 0 Å². The van der Waals surface area contributed by atoms with Crippen LogP contribution in [0.5, 0.6) is 5.75 Å². The zero-order valence-electron chi connectivity index (χ0n) is 15.6. The predicted molar refractivity (Wildman–Crippen MR) is 101 cm³/mol. The highest BCUT2D eigenvalue weighted by Gasteiger charge is 2.15. The van der Waals surface area contributed by atoms with Crippen molar-refractivity contribution >= 4 is 5.97 Å². The van der Waals surface area contributed by atoms with Gasteiger partial charge in [0.05, 0.1) is 5.56 Å². The van der Waals surface area contributed by atoms with Crippen LogP contribution in [0.1, 0.15) is 36.7 Å². The Morgan fingerprint density at radius 3 is 2.54 bits per heavy atom. The van der Waals surface area contributed by atoms with Gasteiger partial charge in [0, 0.05) is 12.1 Å². The Balaban J connectivity index is 1.83. The van der Waals surface area contributed by atoms with Crippen LogP contribution in [0.4, 0.5) is 0 Å². The quantitative estimate of drug-likeness (QED) is 0.710. The molecule has 26 heavy (non-hydrogen) atoms. The maximum Gasteiger partial charge on any atom is 0.338 e. The van der Waals surface area contributed by atoms with Crippen molar-refractivity contribution in [2.75, 3.05) is 13.2 Å². The molecule has 0 aromatic heterocycles. The van der Waals surface area contributed by atoms with Gasteiger partial charge in [-0.3, -0.25) is 0 Å². The normalized spacial score (nSPS) is 12.5. The monoisotopic (exact) mass is 357 g/mol. The van der Waals surface area contributed by atoms with Gasteiger partial charge >= 0.3 is 5.97 Å². The molecule has 1 unspecified atom stereocenters. The van der Waals surface area contributed by atoms with Gasteiger partial charge in [0.25, 0.3) is 0 Å². The summed E-state index contributed by atoms with van der Waals surface area (Å²) in [6, 6.07) is 16.7. The van der Waals surface area contributed by atoms with Crippen LogP contribution in [-0.2, 0) is 11.3 Å². The topological polar surface area (TPSA) is 67.8 Å². The fourth-order valence-electron chi connectivity index (χ4n) is 2.19. The average molecular weight is 357 g/mol. The fourth-order valence-corrected chi connectivity index (χ4v) is 2.19. The van der Waals surface area contributed by atoms with Crippen LogP contribution in [0, 0.1) is 0 Å². The van der Waals surface area contributed by atoms with Crippen LogP contribution in [-0.4, -0.2) is 35.9 Å². The molecule has 5 heteroatoms. The number of rotatable bonds is 8. The summed E-state index contributed by atoms with van der Waals surface area (Å²) in [5, 5.41) is 13.1. The van der Waals surface area contributed by atoms with Crippen LogP contribution < -0.4 is 10.1 Å². The third-order valence-electron chi connectivity index (χ3n) is 3.59. The van der Waals surface area contributed by atoms with E-state index in [1.165, 1.54) is 0 Å². The number of carbonyl (C=O) groups excluding carboxylic acids is 1. The van der Waals surface area contributed by atoms with Gasteiger partial charge in [-0.2, -0.15) is 0 Å². The van der Waals surface area contributed by atoms with Crippen molar-refractivity contribution in [2.24, 2.45) is 0 Å². The third kappa shape index (κ3) is 7.25. The second-order valence-electron chi connectivity index (χ2n) is 7.19. The summed E-state index contributed by atoms with van der Waals surface area (Å²) in [4.78, 5) is 12.2. The summed E-state index contributed by atoms with van der Waals surface area (Å²) >= 11 is 0. The Morgan fingerprint density at radius 1 is 1.12 bits per heavy atom. The van der Waals surface area contributed by atoms with Gasteiger partial charge in [-0.15, -0.1) is 0 Å². The third-order valence-corrected chi connectivity index (χ3v) is 3.59. The van der Waals surface area contributed by atoms with Crippen molar-refractivity contribution in [2.45, 2.75) is 39.0 Å². The van der Waals surface area contributed by atoms with Crippen LogP contribution in [0.2, 0.25) is 0 Å². The number of hydrogen-bond donors (Lipinski definition) is 2. The Kier molecular flexibility index (Phi) is 7.18. The molecule has 1 atom stereocenters. The molecule has 2 N–H and O–H groups in total. The summed E-state index contributed by atoms with van der Waals surface area (Å²) in [5.41, 5.74) is 1.34. The van der Waals surface area contributed by atoms with Crippen molar-refractivity contribution in [3.8, 4) is 5.75 Å². The average Bonchev–Trinajstić information content (AvgIpc) is 2.63. The van der Waals surface area contributed by atoms with E-state index in [9.17, 15) is 9.90 Å². The number of hydrogen-bond acceptors (Lipinski definition) is 5. The van der Waals surface area contributed by atoms with E-state index in [1.54, 1.807) is 24.3 Å². The number of nitrogens with one attached hydrogen (secondary N) is 1. The maximum atomic E-state index is 12.2. The zero-order chi connectivity index (χ0) is 19.0. The molecule has 0 bridgehead atoms. The Bertz CT molecular complexity index is 695. The molecule has 0 amide bonds. The molecule has 0 spiro atoms. The minimum atomic E-state index is -0.754. The second-order valence-corrected chi connectivity index (χ2v) is 7.19. The first kappa shape index (κ1) is 19.9. The summed E-state index contributed by atoms with van der Waals surface area (Å²) in [6.45, 7) is 6.75. The molecule has 0 aliphatic carbocycles. The van der Waals surface area contributed by atoms with Crippen molar-refractivity contribution in [3.05, 3.63) is 65.7 Å². The standard InChI is InChI=1S/C21H27NO4/c1-21(2,3)22-13-18(23)15-26-20(24)17-10-7-11-19(12-17)25-14-16-8-5-4-6-9-16/h4-12,18,22-23H,13-15H2,1-3H3. The number of esters is 1. The molecule has 140 valence electrons. The molecule has 0 aliphatic heterocycles. The molecule has 0 heterocycles. The number of ether oxygens (including phenoxy) is 2. The second kappa shape index (κ2) is 9.36. The summed E-state index contributed by atoms with van der Waals surface area (Å²) in [6.07, 6.45) is -0.754. The highest BCUT2D eigenvalue weighted by molar-refractivity contribution is 5.89. The van der Waals surface area contributed by atoms with Crippen molar-refractivity contribution < 1.29 is 19.4 Å². The van der Waals surface area contributed by atoms with Gasteiger partial charge in [0.2, 0.25) is 0 Å². The molecule has 0 saturated heterocycles. The Morgan fingerprint density at radius 2 is 1.85 bits per heavy atom. The van der Waals surface area contributed by atoms with Gasteiger partial charge in [-0.05, 0) is 44.5 Å². The maximum absolute atomic E-state index is 12.2. The number of β-amino-alcohol motifs (C(OH)–C–C–N with tert-alkyl or cyclic N) is 1. The molecule has 2 rings (SSSR count). The highest BCUT2D eigenvalue weighted by atomic mass is 16.5. The molecule has 5 nitrogen and oxygen atoms in total. The largest absolute Gasteiger partial charge is 0.489 e. The zero-order valence-corrected chi connectivity index (χ0v) is 15.6. The Labute approximate surface area is 155 Å². The molecule has 0 radical (unpaired) electrons. The smallest absolute Gasteiger partial charge is 0.338 e. The summed E-state index contributed by atoms with van der Waals surface area (Å²) in [5.74, 6) is 0.114. The number of carbonyl (C=O) groups is 1. The van der Waals surface area contributed by atoms with Crippen LogP contribution >= 0.6 is 0 Å². The van der Waals surface area contributed by atoms with E-state index in [-0.39, 0.29) is 12.1 Å². The summed E-state index contributed by atoms with van der Waals surface area (Å²) < 4.78 is 10.9. The first-order valence-corrected chi connectivity index (χ1v) is 8.70. The van der Waals surface area contributed by atoms with E-state index in [0.717, 1.165) is 5.56 Å². The molecule has 2 aromatic rings. The lowest BCUT2D eigenvalue weighted by Gasteiger charge is -2.22. The van der Waals surface area contributed by atoms with Gasteiger partial charge in [-0.25, -0.2) is 4.79 Å². The molecule has 0 aliphatic rings. The van der Waals surface area contributed by atoms with Gasteiger partial charge in [-0.1, -0.05) is 36.4 Å². The predicted octanol–water partition coefficient (Wildman–Crippen LogP) is 3.17. The van der Waals surface area contributed by atoms with Crippen LogP contribution in [0.15, 0.2) is 54.6 Å².